The second-order valence-corrected chi connectivity index (χ2v) is 9.53. The number of benzene rings is 2. The molecule has 0 bridgehead atoms. The second kappa shape index (κ2) is 9.52. The summed E-state index contributed by atoms with van der Waals surface area (Å²) in [4.78, 5) is 36.2. The number of nitrogens with zero attached hydrogens (tertiary/aromatic N) is 4. The summed E-state index contributed by atoms with van der Waals surface area (Å²) in [5.41, 5.74) is 1.27. The van der Waals surface area contributed by atoms with Crippen molar-refractivity contribution in [3.63, 3.8) is 0 Å². The average Bonchev–Trinajstić information content (AvgIpc) is 3.36. The topological polar surface area (TPSA) is 56.8 Å². The fourth-order valence-corrected chi connectivity index (χ4v) is 5.12. The third-order valence-electron chi connectivity index (χ3n) is 5.46. The highest BCUT2D eigenvalue weighted by Crippen LogP contribution is 2.35. The van der Waals surface area contributed by atoms with Crippen molar-refractivity contribution in [2.75, 3.05) is 43.5 Å². The first-order valence-electron chi connectivity index (χ1n) is 10.4. The van der Waals surface area contributed by atoms with Crippen molar-refractivity contribution in [1.29, 1.82) is 0 Å². The Balaban J connectivity index is 1.58. The Morgan fingerprint density at radius 1 is 1.22 bits per heavy atom. The summed E-state index contributed by atoms with van der Waals surface area (Å²) in [6.07, 6.45) is 0.886. The van der Waals surface area contributed by atoms with E-state index in [0.717, 1.165) is 17.7 Å². The van der Waals surface area contributed by atoms with Crippen LogP contribution in [-0.2, 0) is 9.59 Å². The lowest BCUT2D eigenvalue weighted by atomic mass is 10.1. The first kappa shape index (κ1) is 22.6. The minimum atomic E-state index is -0.491. The molecule has 0 saturated carbocycles. The smallest absolute Gasteiger partial charge is 0.234 e. The van der Waals surface area contributed by atoms with Crippen LogP contribution in [-0.4, -0.2) is 55.4 Å². The SMILES string of the molecule is CN(C)CCCN(C(=O)C1CC(=O)N(c2ccc(F)cc2)C1)c1nc2c(Cl)cccc2s1. The van der Waals surface area contributed by atoms with Crippen LogP contribution < -0.4 is 9.80 Å². The van der Waals surface area contributed by atoms with E-state index in [0.29, 0.717) is 27.9 Å². The molecular formula is C23H24ClFN4O2S. The maximum atomic E-state index is 13.6. The Morgan fingerprint density at radius 3 is 2.66 bits per heavy atom. The van der Waals surface area contributed by atoms with Gasteiger partial charge in [-0.1, -0.05) is 29.0 Å². The van der Waals surface area contributed by atoms with Crippen molar-refractivity contribution in [3.8, 4) is 0 Å². The van der Waals surface area contributed by atoms with Gasteiger partial charge in [0.15, 0.2) is 5.13 Å². The standard InChI is InChI=1S/C23H24ClFN4O2S/c1-27(2)11-4-12-28(23-26-21-18(24)5-3-6-19(21)32-23)22(31)15-13-20(30)29(14-15)17-9-7-16(25)8-10-17/h3,5-10,15H,4,11-14H2,1-2H3. The van der Waals surface area contributed by atoms with Crippen LogP contribution in [0.5, 0.6) is 0 Å². The van der Waals surface area contributed by atoms with Crippen LogP contribution >= 0.6 is 22.9 Å². The number of hydrogen-bond acceptors (Lipinski definition) is 5. The van der Waals surface area contributed by atoms with E-state index in [4.69, 9.17) is 11.6 Å². The molecule has 168 valence electrons. The minimum absolute atomic E-state index is 0.117. The van der Waals surface area contributed by atoms with Gasteiger partial charge in [-0.25, -0.2) is 9.37 Å². The maximum absolute atomic E-state index is 13.6. The van der Waals surface area contributed by atoms with Gasteiger partial charge in [0.25, 0.3) is 0 Å². The molecule has 1 atom stereocenters. The number of fused-ring (bicyclic) bond motifs is 1. The van der Waals surface area contributed by atoms with Crippen molar-refractivity contribution in [1.82, 2.24) is 9.88 Å². The maximum Gasteiger partial charge on any atom is 0.234 e. The molecular weight excluding hydrogens is 451 g/mol. The summed E-state index contributed by atoms with van der Waals surface area (Å²) in [6, 6.07) is 11.3. The van der Waals surface area contributed by atoms with E-state index in [2.05, 4.69) is 9.88 Å². The van der Waals surface area contributed by atoms with E-state index >= 15 is 0 Å². The van der Waals surface area contributed by atoms with Crippen LogP contribution in [0.4, 0.5) is 15.2 Å². The van der Waals surface area contributed by atoms with E-state index < -0.39 is 5.92 Å². The first-order valence-corrected chi connectivity index (χ1v) is 11.6. The van der Waals surface area contributed by atoms with E-state index in [1.165, 1.54) is 23.5 Å². The number of para-hydroxylation sites is 1. The molecule has 1 aromatic heterocycles. The number of thiazole rings is 1. The predicted molar refractivity (Wildman–Crippen MR) is 127 cm³/mol. The molecule has 1 unspecified atom stereocenters. The largest absolute Gasteiger partial charge is 0.312 e. The summed E-state index contributed by atoms with van der Waals surface area (Å²) in [6.45, 7) is 1.58. The van der Waals surface area contributed by atoms with Gasteiger partial charge in [-0.05, 0) is 63.5 Å². The molecule has 3 aromatic rings. The Bertz CT molecular complexity index is 1130. The minimum Gasteiger partial charge on any atom is -0.312 e. The van der Waals surface area contributed by atoms with Gasteiger partial charge in [-0.3, -0.25) is 14.5 Å². The number of carbonyl (C=O) groups excluding carboxylic acids is 2. The van der Waals surface area contributed by atoms with Crippen LogP contribution in [0.15, 0.2) is 42.5 Å². The molecule has 2 aromatic carbocycles. The number of amides is 2. The Kier molecular flexibility index (Phi) is 6.74. The third-order valence-corrected chi connectivity index (χ3v) is 6.80. The van der Waals surface area contributed by atoms with Gasteiger partial charge >= 0.3 is 0 Å². The van der Waals surface area contributed by atoms with Crippen molar-refractivity contribution >= 4 is 55.8 Å². The Hall–Kier alpha value is -2.55. The van der Waals surface area contributed by atoms with E-state index in [1.54, 1.807) is 28.0 Å². The average molecular weight is 475 g/mol. The van der Waals surface area contributed by atoms with Crippen molar-refractivity contribution in [2.24, 2.45) is 5.92 Å². The first-order chi connectivity index (χ1) is 15.3. The predicted octanol–water partition coefficient (Wildman–Crippen LogP) is 4.43. The van der Waals surface area contributed by atoms with Crippen LogP contribution in [0.2, 0.25) is 5.02 Å². The zero-order valence-corrected chi connectivity index (χ0v) is 19.5. The number of anilines is 2. The summed E-state index contributed by atoms with van der Waals surface area (Å²) >= 11 is 7.72. The monoisotopic (exact) mass is 474 g/mol. The summed E-state index contributed by atoms with van der Waals surface area (Å²) < 4.78 is 14.2. The molecule has 0 aliphatic carbocycles. The molecule has 1 saturated heterocycles. The van der Waals surface area contributed by atoms with Crippen molar-refractivity contribution < 1.29 is 14.0 Å². The van der Waals surface area contributed by atoms with E-state index in [-0.39, 0.29) is 30.6 Å². The van der Waals surface area contributed by atoms with Crippen molar-refractivity contribution in [3.05, 3.63) is 53.3 Å². The quantitative estimate of drug-likeness (QED) is 0.508. The Labute approximate surface area is 195 Å². The van der Waals surface area contributed by atoms with Crippen LogP contribution in [0, 0.1) is 11.7 Å². The van der Waals surface area contributed by atoms with Gasteiger partial charge in [-0.2, -0.15) is 0 Å². The fraction of sp³-hybridized carbons (Fsp3) is 0.348. The third kappa shape index (κ3) is 4.77. The number of rotatable bonds is 7. The normalized spacial score (nSPS) is 16.3. The van der Waals surface area contributed by atoms with Crippen molar-refractivity contribution in [2.45, 2.75) is 12.8 Å². The molecule has 0 N–H and O–H groups in total. The van der Waals surface area contributed by atoms with Gasteiger partial charge in [0, 0.05) is 25.2 Å². The van der Waals surface area contributed by atoms with Gasteiger partial charge in [0.05, 0.1) is 15.6 Å². The highest BCUT2D eigenvalue weighted by Gasteiger charge is 2.38. The van der Waals surface area contributed by atoms with Crippen LogP contribution in [0.1, 0.15) is 12.8 Å². The van der Waals surface area contributed by atoms with Gasteiger partial charge in [0.1, 0.15) is 11.3 Å². The molecule has 1 aliphatic heterocycles. The number of carbonyl (C=O) groups is 2. The highest BCUT2D eigenvalue weighted by atomic mass is 35.5. The summed E-state index contributed by atoms with van der Waals surface area (Å²) in [7, 11) is 3.97. The molecule has 2 amide bonds. The molecule has 4 rings (SSSR count). The second-order valence-electron chi connectivity index (χ2n) is 8.11. The molecule has 32 heavy (non-hydrogen) atoms. The van der Waals surface area contributed by atoms with Crippen LogP contribution in [0.25, 0.3) is 10.2 Å². The van der Waals surface area contributed by atoms with E-state index in [1.807, 2.05) is 26.2 Å². The number of halogens is 2. The molecule has 1 fully saturated rings. The Morgan fingerprint density at radius 2 is 1.97 bits per heavy atom. The molecule has 9 heteroatoms. The highest BCUT2D eigenvalue weighted by molar-refractivity contribution is 7.22. The zero-order valence-electron chi connectivity index (χ0n) is 17.9. The molecule has 6 nitrogen and oxygen atoms in total. The molecule has 1 aliphatic rings. The van der Waals surface area contributed by atoms with Gasteiger partial charge < -0.3 is 9.80 Å². The molecule has 0 spiro atoms. The number of aromatic nitrogens is 1. The lowest BCUT2D eigenvalue weighted by Gasteiger charge is -2.24. The lowest BCUT2D eigenvalue weighted by molar-refractivity contribution is -0.124. The number of hydrogen-bond donors (Lipinski definition) is 0. The molecule has 0 radical (unpaired) electrons. The zero-order chi connectivity index (χ0) is 22.8. The lowest BCUT2D eigenvalue weighted by Crippen LogP contribution is -2.39. The summed E-state index contributed by atoms with van der Waals surface area (Å²) in [5, 5.41) is 1.13. The van der Waals surface area contributed by atoms with Crippen LogP contribution in [0.3, 0.4) is 0 Å². The fourth-order valence-electron chi connectivity index (χ4n) is 3.83. The van der Waals surface area contributed by atoms with E-state index in [9.17, 15) is 14.0 Å². The summed E-state index contributed by atoms with van der Waals surface area (Å²) in [5.74, 6) is -1.13. The van der Waals surface area contributed by atoms with Gasteiger partial charge in [-0.15, -0.1) is 0 Å². The molecule has 2 heterocycles. The van der Waals surface area contributed by atoms with Gasteiger partial charge in [0.2, 0.25) is 11.8 Å².